The Morgan fingerprint density at radius 3 is 2.76 bits per heavy atom. The van der Waals surface area contributed by atoms with Crippen LogP contribution in [0.4, 0.5) is 0 Å². The Morgan fingerprint density at radius 1 is 1.47 bits per heavy atom. The van der Waals surface area contributed by atoms with E-state index in [2.05, 4.69) is 4.98 Å². The second-order valence-electron chi connectivity index (χ2n) is 3.31. The Bertz CT molecular complexity index is 612. The summed E-state index contributed by atoms with van der Waals surface area (Å²) in [5.74, 6) is -1.07. The van der Waals surface area contributed by atoms with E-state index in [0.717, 1.165) is 0 Å². The number of carbonyl (C=O) groups is 1. The van der Waals surface area contributed by atoms with Crippen LogP contribution in [0.25, 0.3) is 10.9 Å². The first-order valence-corrected chi connectivity index (χ1v) is 5.02. The monoisotopic (exact) mass is 253 g/mol. The number of aromatic carboxylic acids is 1. The van der Waals surface area contributed by atoms with Crippen LogP contribution in [0.5, 0.6) is 11.5 Å². The molecule has 6 heteroatoms. The number of fused-ring (bicyclic) bond motifs is 1. The van der Waals surface area contributed by atoms with Crippen LogP contribution in [-0.4, -0.2) is 28.3 Å². The first kappa shape index (κ1) is 11.5. The number of rotatable bonds is 2. The van der Waals surface area contributed by atoms with Gasteiger partial charge < -0.3 is 14.9 Å². The first-order chi connectivity index (χ1) is 8.04. The van der Waals surface area contributed by atoms with Crippen molar-refractivity contribution in [2.24, 2.45) is 0 Å². The highest BCUT2D eigenvalue weighted by Crippen LogP contribution is 2.34. The molecule has 0 radical (unpaired) electrons. The van der Waals surface area contributed by atoms with Gasteiger partial charge in [-0.1, -0.05) is 11.6 Å². The molecule has 0 saturated carbocycles. The molecule has 0 fully saturated rings. The summed E-state index contributed by atoms with van der Waals surface area (Å²) in [6.45, 7) is 0. The average Bonchev–Trinajstić information content (AvgIpc) is 2.32. The number of halogens is 1. The molecule has 0 saturated heterocycles. The number of ether oxygens (including phenoxy) is 1. The van der Waals surface area contributed by atoms with Crippen LogP contribution in [-0.2, 0) is 0 Å². The molecule has 0 atom stereocenters. The number of aromatic hydroxyl groups is 1. The lowest BCUT2D eigenvalue weighted by molar-refractivity contribution is 0.0690. The predicted octanol–water partition coefficient (Wildman–Crippen LogP) is 2.30. The van der Waals surface area contributed by atoms with Gasteiger partial charge in [-0.25, -0.2) is 9.78 Å². The van der Waals surface area contributed by atoms with Gasteiger partial charge in [0, 0.05) is 11.5 Å². The first-order valence-electron chi connectivity index (χ1n) is 4.64. The summed E-state index contributed by atoms with van der Waals surface area (Å²) in [7, 11) is 1.48. The molecule has 2 N–H and O–H groups in total. The standard InChI is InChI=1S/C11H8ClNO4/c1-17-5-2-3-6-7(4-5)13-9(11(15)16)8(12)10(6)14/h2-4H,1H3,(H,13,14)(H,15,16). The molecule has 0 aliphatic rings. The second kappa shape index (κ2) is 4.10. The molecule has 5 nitrogen and oxygen atoms in total. The van der Waals surface area contributed by atoms with Crippen LogP contribution in [0.3, 0.4) is 0 Å². The highest BCUT2D eigenvalue weighted by molar-refractivity contribution is 6.35. The largest absolute Gasteiger partial charge is 0.506 e. The minimum Gasteiger partial charge on any atom is -0.506 e. The van der Waals surface area contributed by atoms with Crippen molar-refractivity contribution < 1.29 is 19.7 Å². The Hall–Kier alpha value is -2.01. The van der Waals surface area contributed by atoms with E-state index in [1.54, 1.807) is 12.1 Å². The lowest BCUT2D eigenvalue weighted by Crippen LogP contribution is -2.02. The second-order valence-corrected chi connectivity index (χ2v) is 3.69. The van der Waals surface area contributed by atoms with Crippen molar-refractivity contribution in [3.63, 3.8) is 0 Å². The maximum atomic E-state index is 10.9. The van der Waals surface area contributed by atoms with Gasteiger partial charge in [0.2, 0.25) is 0 Å². The third-order valence-corrected chi connectivity index (χ3v) is 2.67. The van der Waals surface area contributed by atoms with Gasteiger partial charge >= 0.3 is 5.97 Å². The summed E-state index contributed by atoms with van der Waals surface area (Å²) in [5.41, 5.74) is -0.0754. The lowest BCUT2D eigenvalue weighted by Gasteiger charge is -2.07. The third-order valence-electron chi connectivity index (χ3n) is 2.31. The topological polar surface area (TPSA) is 79.7 Å². The SMILES string of the molecule is COc1ccc2c(O)c(Cl)c(C(=O)O)nc2c1. The molecule has 1 aromatic heterocycles. The highest BCUT2D eigenvalue weighted by atomic mass is 35.5. The van der Waals surface area contributed by atoms with Crippen molar-refractivity contribution in [1.82, 2.24) is 4.98 Å². The van der Waals surface area contributed by atoms with E-state index in [9.17, 15) is 9.90 Å². The van der Waals surface area contributed by atoms with Crippen LogP contribution in [0, 0.1) is 0 Å². The number of aromatic nitrogens is 1. The van der Waals surface area contributed by atoms with E-state index in [-0.39, 0.29) is 16.5 Å². The quantitative estimate of drug-likeness (QED) is 0.858. The molecule has 1 aromatic carbocycles. The highest BCUT2D eigenvalue weighted by Gasteiger charge is 2.18. The molecule has 2 aromatic rings. The molecular weight excluding hydrogens is 246 g/mol. The summed E-state index contributed by atoms with van der Waals surface area (Å²) in [6, 6.07) is 4.71. The lowest BCUT2D eigenvalue weighted by atomic mass is 10.1. The van der Waals surface area contributed by atoms with E-state index >= 15 is 0 Å². The van der Waals surface area contributed by atoms with Crippen molar-refractivity contribution >= 4 is 28.5 Å². The summed E-state index contributed by atoms with van der Waals surface area (Å²) in [6.07, 6.45) is 0. The van der Waals surface area contributed by atoms with Gasteiger partial charge in [-0.05, 0) is 12.1 Å². The molecule has 0 unspecified atom stereocenters. The van der Waals surface area contributed by atoms with E-state index in [4.69, 9.17) is 21.4 Å². The van der Waals surface area contributed by atoms with Gasteiger partial charge in [-0.2, -0.15) is 0 Å². The summed E-state index contributed by atoms with van der Waals surface area (Å²) >= 11 is 5.72. The van der Waals surface area contributed by atoms with Crippen molar-refractivity contribution in [2.75, 3.05) is 7.11 Å². The molecule has 0 aliphatic heterocycles. The number of hydrogen-bond acceptors (Lipinski definition) is 4. The summed E-state index contributed by atoms with van der Waals surface area (Å²) in [4.78, 5) is 14.8. The van der Waals surface area contributed by atoms with Crippen LogP contribution in [0.2, 0.25) is 5.02 Å². The number of hydrogen-bond donors (Lipinski definition) is 2. The zero-order valence-electron chi connectivity index (χ0n) is 8.77. The molecule has 88 valence electrons. The third kappa shape index (κ3) is 1.85. The van der Waals surface area contributed by atoms with E-state index in [1.807, 2.05) is 0 Å². The average molecular weight is 254 g/mol. The fourth-order valence-electron chi connectivity index (χ4n) is 1.47. The van der Waals surface area contributed by atoms with E-state index in [0.29, 0.717) is 16.7 Å². The number of methoxy groups -OCH3 is 1. The Balaban J connectivity index is 2.81. The minimum atomic E-state index is -1.30. The Morgan fingerprint density at radius 2 is 2.18 bits per heavy atom. The van der Waals surface area contributed by atoms with Crippen molar-refractivity contribution in [3.8, 4) is 11.5 Å². The van der Waals surface area contributed by atoms with Crippen molar-refractivity contribution in [3.05, 3.63) is 28.9 Å². The maximum absolute atomic E-state index is 10.9. The zero-order valence-corrected chi connectivity index (χ0v) is 9.52. The van der Waals surface area contributed by atoms with Crippen LogP contribution in [0.1, 0.15) is 10.5 Å². The van der Waals surface area contributed by atoms with E-state index < -0.39 is 5.97 Å². The number of carboxylic acid groups (broad SMARTS) is 1. The zero-order chi connectivity index (χ0) is 12.6. The van der Waals surface area contributed by atoms with Crippen molar-refractivity contribution in [2.45, 2.75) is 0 Å². The fourth-order valence-corrected chi connectivity index (χ4v) is 1.70. The van der Waals surface area contributed by atoms with Gasteiger partial charge in [-0.15, -0.1) is 0 Å². The molecular formula is C11H8ClNO4. The maximum Gasteiger partial charge on any atom is 0.356 e. The normalized spacial score (nSPS) is 10.5. The molecule has 0 bridgehead atoms. The van der Waals surface area contributed by atoms with Crippen molar-refractivity contribution in [1.29, 1.82) is 0 Å². The molecule has 0 spiro atoms. The van der Waals surface area contributed by atoms with E-state index in [1.165, 1.54) is 13.2 Å². The molecule has 0 aliphatic carbocycles. The van der Waals surface area contributed by atoms with Gasteiger partial charge in [0.1, 0.15) is 16.5 Å². The summed E-state index contributed by atoms with van der Waals surface area (Å²) < 4.78 is 4.99. The van der Waals surface area contributed by atoms with Crippen LogP contribution < -0.4 is 4.74 Å². The number of nitrogens with zero attached hydrogens (tertiary/aromatic N) is 1. The number of pyridine rings is 1. The molecule has 1 heterocycles. The number of carboxylic acids is 1. The molecule has 2 rings (SSSR count). The summed E-state index contributed by atoms with van der Waals surface area (Å²) in [5, 5.41) is 18.8. The predicted molar refractivity (Wildman–Crippen MR) is 61.9 cm³/mol. The van der Waals surface area contributed by atoms with Gasteiger partial charge in [0.15, 0.2) is 5.69 Å². The number of benzene rings is 1. The van der Waals surface area contributed by atoms with Crippen LogP contribution in [0.15, 0.2) is 18.2 Å². The van der Waals surface area contributed by atoms with Crippen LogP contribution >= 0.6 is 11.6 Å². The van der Waals surface area contributed by atoms with Gasteiger partial charge in [-0.3, -0.25) is 0 Å². The fraction of sp³-hybridized carbons (Fsp3) is 0.0909. The van der Waals surface area contributed by atoms with Gasteiger partial charge in [0.25, 0.3) is 0 Å². The smallest absolute Gasteiger partial charge is 0.356 e. The van der Waals surface area contributed by atoms with Gasteiger partial charge in [0.05, 0.1) is 12.6 Å². The molecule has 0 amide bonds. The Kier molecular flexibility index (Phi) is 2.77. The minimum absolute atomic E-state index is 0.268. The Labute approximate surface area is 101 Å². The molecule has 17 heavy (non-hydrogen) atoms.